The molecular formula is C8H9F4NO. The lowest BCUT2D eigenvalue weighted by Gasteiger charge is -2.17. The van der Waals surface area contributed by atoms with Crippen LogP contribution in [0, 0.1) is 0 Å². The summed E-state index contributed by atoms with van der Waals surface area (Å²) in [7, 11) is 0. The molecular weight excluding hydrogens is 202 g/mol. The fourth-order valence-corrected chi connectivity index (χ4v) is 1.13. The zero-order chi connectivity index (χ0) is 10.8. The fraction of sp³-hybridized carbons (Fsp3) is 0.500. The molecule has 0 amide bonds. The van der Waals surface area contributed by atoms with Gasteiger partial charge in [0.05, 0.1) is 0 Å². The van der Waals surface area contributed by atoms with Crippen LogP contribution in [0.3, 0.4) is 0 Å². The normalized spacial score (nSPS) is 18.2. The average molecular weight is 211 g/mol. The number of allylic oxidation sites excluding steroid dienone is 3. The summed E-state index contributed by atoms with van der Waals surface area (Å²) in [4.78, 5) is 0. The van der Waals surface area contributed by atoms with Crippen LogP contribution in [0.25, 0.3) is 0 Å². The van der Waals surface area contributed by atoms with Gasteiger partial charge >= 0.3 is 6.36 Å². The van der Waals surface area contributed by atoms with Crippen LogP contribution < -0.4 is 5.73 Å². The maximum absolute atomic E-state index is 12.9. The Morgan fingerprint density at radius 2 is 2.00 bits per heavy atom. The highest BCUT2D eigenvalue weighted by Crippen LogP contribution is 2.30. The third kappa shape index (κ3) is 3.02. The zero-order valence-electron chi connectivity index (χ0n) is 7.20. The number of ether oxygens (including phenoxy) is 1. The predicted octanol–water partition coefficient (Wildman–Crippen LogP) is 2.38. The summed E-state index contributed by atoms with van der Waals surface area (Å²) in [5, 5.41) is 0. The molecule has 1 aliphatic carbocycles. The van der Waals surface area contributed by atoms with Crippen LogP contribution in [0.4, 0.5) is 17.6 Å². The van der Waals surface area contributed by atoms with Gasteiger partial charge in [-0.15, -0.1) is 13.2 Å². The van der Waals surface area contributed by atoms with Gasteiger partial charge in [-0.1, -0.05) is 5.57 Å². The molecule has 0 aromatic carbocycles. The van der Waals surface area contributed by atoms with E-state index in [1.807, 2.05) is 0 Å². The van der Waals surface area contributed by atoms with Crippen LogP contribution in [0.15, 0.2) is 23.2 Å². The van der Waals surface area contributed by atoms with Gasteiger partial charge in [0.1, 0.15) is 5.76 Å². The molecule has 0 aromatic heterocycles. The van der Waals surface area contributed by atoms with E-state index in [9.17, 15) is 17.6 Å². The van der Waals surface area contributed by atoms with Crippen LogP contribution >= 0.6 is 0 Å². The Labute approximate surface area is 78.0 Å². The van der Waals surface area contributed by atoms with E-state index < -0.39 is 17.9 Å². The average Bonchev–Trinajstić information content (AvgIpc) is 2.06. The van der Waals surface area contributed by atoms with Crippen molar-refractivity contribution in [1.29, 1.82) is 0 Å². The Balaban J connectivity index is 2.75. The van der Waals surface area contributed by atoms with Gasteiger partial charge in [0, 0.05) is 13.0 Å². The Morgan fingerprint density at radius 1 is 1.36 bits per heavy atom. The fourth-order valence-electron chi connectivity index (χ4n) is 1.13. The van der Waals surface area contributed by atoms with Crippen molar-refractivity contribution in [1.82, 2.24) is 0 Å². The number of halogens is 4. The molecule has 0 saturated carbocycles. The van der Waals surface area contributed by atoms with Crippen molar-refractivity contribution in [3.05, 3.63) is 23.2 Å². The monoisotopic (exact) mass is 211 g/mol. The van der Waals surface area contributed by atoms with Crippen molar-refractivity contribution in [2.45, 2.75) is 19.2 Å². The van der Waals surface area contributed by atoms with Gasteiger partial charge in [-0.3, -0.25) is 0 Å². The van der Waals surface area contributed by atoms with E-state index in [0.717, 1.165) is 6.08 Å². The van der Waals surface area contributed by atoms with Gasteiger partial charge in [0.25, 0.3) is 0 Å². The molecule has 2 N–H and O–H groups in total. The van der Waals surface area contributed by atoms with Crippen molar-refractivity contribution >= 4 is 0 Å². The predicted molar refractivity (Wildman–Crippen MR) is 41.6 cm³/mol. The van der Waals surface area contributed by atoms with Gasteiger partial charge < -0.3 is 10.5 Å². The van der Waals surface area contributed by atoms with Gasteiger partial charge in [0.15, 0.2) is 5.83 Å². The summed E-state index contributed by atoms with van der Waals surface area (Å²) in [5.74, 6) is -1.66. The third-order valence-corrected chi connectivity index (χ3v) is 1.77. The lowest BCUT2D eigenvalue weighted by molar-refractivity contribution is -0.307. The first kappa shape index (κ1) is 11.0. The van der Waals surface area contributed by atoms with Crippen LogP contribution in [0.1, 0.15) is 12.8 Å². The highest BCUT2D eigenvalue weighted by atomic mass is 19.4. The van der Waals surface area contributed by atoms with Gasteiger partial charge in [-0.25, -0.2) is 4.39 Å². The van der Waals surface area contributed by atoms with E-state index in [0.29, 0.717) is 12.0 Å². The van der Waals surface area contributed by atoms with Crippen LogP contribution in [0.5, 0.6) is 0 Å². The smallest absolute Gasteiger partial charge is 0.407 e. The quantitative estimate of drug-likeness (QED) is 0.711. The number of nitrogens with two attached hydrogens (primary N) is 1. The summed E-state index contributed by atoms with van der Waals surface area (Å²) >= 11 is 0. The molecule has 0 unspecified atom stereocenters. The van der Waals surface area contributed by atoms with Gasteiger partial charge in [-0.05, 0) is 12.5 Å². The summed E-state index contributed by atoms with van der Waals surface area (Å²) in [6.07, 6.45) is -3.64. The summed E-state index contributed by atoms with van der Waals surface area (Å²) in [6, 6.07) is 0. The number of hydrogen-bond donors (Lipinski definition) is 1. The Kier molecular flexibility index (Phi) is 3.15. The molecule has 0 fully saturated rings. The number of alkyl halides is 3. The minimum atomic E-state index is -4.83. The number of rotatable bonds is 2. The molecule has 0 saturated heterocycles. The second-order valence-electron chi connectivity index (χ2n) is 2.83. The molecule has 0 bridgehead atoms. The summed E-state index contributed by atoms with van der Waals surface area (Å²) < 4.78 is 51.6. The van der Waals surface area contributed by atoms with Crippen molar-refractivity contribution in [3.8, 4) is 0 Å². The first-order chi connectivity index (χ1) is 6.42. The van der Waals surface area contributed by atoms with Crippen molar-refractivity contribution in [3.63, 3.8) is 0 Å². The van der Waals surface area contributed by atoms with Crippen molar-refractivity contribution in [2.24, 2.45) is 5.73 Å². The first-order valence-electron chi connectivity index (χ1n) is 3.96. The highest BCUT2D eigenvalue weighted by molar-refractivity contribution is 5.26. The van der Waals surface area contributed by atoms with E-state index in [-0.39, 0.29) is 13.0 Å². The maximum Gasteiger partial charge on any atom is 0.572 e. The number of hydrogen-bond acceptors (Lipinski definition) is 2. The molecule has 1 aliphatic rings. The summed E-state index contributed by atoms with van der Waals surface area (Å²) in [6.45, 7) is 0.146. The third-order valence-electron chi connectivity index (χ3n) is 1.77. The molecule has 14 heavy (non-hydrogen) atoms. The standard InChI is InChI=1S/C8H9F4NO/c9-6-3-5(4-13)1-2-7(6)14-8(10,11)12/h3H,1-2,4,13H2. The molecule has 0 heterocycles. The lowest BCUT2D eigenvalue weighted by atomic mass is 10.0. The molecule has 0 aliphatic heterocycles. The largest absolute Gasteiger partial charge is 0.572 e. The van der Waals surface area contributed by atoms with E-state index in [4.69, 9.17) is 5.73 Å². The van der Waals surface area contributed by atoms with E-state index >= 15 is 0 Å². The van der Waals surface area contributed by atoms with Crippen molar-refractivity contribution < 1.29 is 22.3 Å². The van der Waals surface area contributed by atoms with E-state index in [1.165, 1.54) is 0 Å². The second-order valence-corrected chi connectivity index (χ2v) is 2.83. The maximum atomic E-state index is 12.9. The zero-order valence-corrected chi connectivity index (χ0v) is 7.20. The molecule has 80 valence electrons. The van der Waals surface area contributed by atoms with Gasteiger partial charge in [0.2, 0.25) is 0 Å². The molecule has 6 heteroatoms. The molecule has 1 rings (SSSR count). The van der Waals surface area contributed by atoms with Gasteiger partial charge in [-0.2, -0.15) is 0 Å². The minimum Gasteiger partial charge on any atom is -0.407 e. The van der Waals surface area contributed by atoms with E-state index in [1.54, 1.807) is 0 Å². The molecule has 2 nitrogen and oxygen atoms in total. The molecule has 0 spiro atoms. The SMILES string of the molecule is NCC1=CC(F)=C(OC(F)(F)F)CC1. The second kappa shape index (κ2) is 4.00. The Hall–Kier alpha value is -1.04. The molecule has 0 atom stereocenters. The Bertz CT molecular complexity index is 280. The Morgan fingerprint density at radius 3 is 2.43 bits per heavy atom. The van der Waals surface area contributed by atoms with Crippen LogP contribution in [0.2, 0.25) is 0 Å². The van der Waals surface area contributed by atoms with E-state index in [2.05, 4.69) is 4.74 Å². The highest BCUT2D eigenvalue weighted by Gasteiger charge is 2.33. The first-order valence-corrected chi connectivity index (χ1v) is 3.96. The molecule has 0 aromatic rings. The summed E-state index contributed by atoms with van der Waals surface area (Å²) in [5.41, 5.74) is 5.80. The van der Waals surface area contributed by atoms with Crippen molar-refractivity contribution in [2.75, 3.05) is 6.54 Å². The topological polar surface area (TPSA) is 35.2 Å². The van der Waals surface area contributed by atoms with Crippen LogP contribution in [-0.2, 0) is 4.74 Å². The lowest BCUT2D eigenvalue weighted by Crippen LogP contribution is -2.16. The molecule has 0 radical (unpaired) electrons. The minimum absolute atomic E-state index is 0.103. The van der Waals surface area contributed by atoms with Crippen LogP contribution in [-0.4, -0.2) is 12.9 Å².